The third-order valence-corrected chi connectivity index (χ3v) is 9.09. The third-order valence-electron chi connectivity index (χ3n) is 3.77. The average Bonchev–Trinajstić information content (AvgIpc) is 2.17. The molecule has 0 heterocycles. The molecule has 1 heteroatoms. The van der Waals surface area contributed by atoms with Gasteiger partial charge in [0.1, 0.15) is 0 Å². The normalized spacial score (nSPS) is 13.3. The topological polar surface area (TPSA) is 0 Å². The van der Waals surface area contributed by atoms with Gasteiger partial charge in [-0.2, -0.15) is 0 Å². The highest BCUT2D eigenvalue weighted by molar-refractivity contribution is 6.80. The molecule has 0 aromatic heterocycles. The first kappa shape index (κ1) is 13.2. The maximum absolute atomic E-state index is 2.47. The fraction of sp³-hybridized carbons (Fsp3) is 0.467. The molecule has 1 aromatic carbocycles. The van der Waals surface area contributed by atoms with Crippen molar-refractivity contribution in [3.63, 3.8) is 0 Å². The van der Waals surface area contributed by atoms with Gasteiger partial charge in [-0.1, -0.05) is 76.3 Å². The molecule has 0 aliphatic carbocycles. The summed E-state index contributed by atoms with van der Waals surface area (Å²) < 4.78 is 0. The summed E-state index contributed by atoms with van der Waals surface area (Å²) in [5, 5.41) is 0.480. The average molecular weight is 232 g/mol. The molecule has 1 rings (SSSR count). The molecule has 0 saturated heterocycles. The van der Waals surface area contributed by atoms with E-state index in [0.717, 1.165) is 0 Å². The van der Waals surface area contributed by atoms with Crippen molar-refractivity contribution in [3.05, 3.63) is 42.0 Å². The van der Waals surface area contributed by atoms with Crippen LogP contribution in [0.5, 0.6) is 0 Å². The van der Waals surface area contributed by atoms with Crippen LogP contribution in [0.4, 0.5) is 0 Å². The summed E-state index contributed by atoms with van der Waals surface area (Å²) in [6.45, 7) is 12.1. The van der Waals surface area contributed by atoms with Crippen molar-refractivity contribution in [3.8, 4) is 0 Å². The molecular formula is C15H24Si. The molecule has 0 aliphatic heterocycles. The number of rotatable bonds is 3. The van der Waals surface area contributed by atoms with Gasteiger partial charge in [-0.05, 0) is 16.6 Å². The molecule has 0 bridgehead atoms. The Morgan fingerprint density at radius 3 is 2.12 bits per heavy atom. The standard InChI is InChI=1S/C15H24Si/c1-15(2,3)16(4,5)13-9-12-14-10-7-6-8-11-14/h6-12H,13H2,1-5H3/b12-9+. The summed E-state index contributed by atoms with van der Waals surface area (Å²) in [6, 6.07) is 11.8. The molecule has 0 radical (unpaired) electrons. The predicted octanol–water partition coefficient (Wildman–Crippen LogP) is 5.21. The van der Waals surface area contributed by atoms with E-state index >= 15 is 0 Å². The van der Waals surface area contributed by atoms with Gasteiger partial charge in [-0.15, -0.1) is 0 Å². The van der Waals surface area contributed by atoms with E-state index in [1.165, 1.54) is 11.6 Å². The second-order valence-corrected chi connectivity index (χ2v) is 11.8. The highest BCUT2D eigenvalue weighted by atomic mass is 28.3. The highest BCUT2D eigenvalue weighted by Crippen LogP contribution is 2.38. The van der Waals surface area contributed by atoms with Gasteiger partial charge in [0.25, 0.3) is 0 Å². The zero-order valence-electron chi connectivity index (χ0n) is 11.2. The lowest BCUT2D eigenvalue weighted by molar-refractivity contribution is 0.719. The molecule has 0 nitrogen and oxygen atoms in total. The molecule has 0 fully saturated rings. The second kappa shape index (κ2) is 5.01. The van der Waals surface area contributed by atoms with E-state index in [-0.39, 0.29) is 0 Å². The first-order chi connectivity index (χ1) is 7.33. The fourth-order valence-electron chi connectivity index (χ4n) is 1.36. The van der Waals surface area contributed by atoms with Crippen LogP contribution in [0.15, 0.2) is 36.4 Å². The molecule has 0 spiro atoms. The number of hydrogen-bond acceptors (Lipinski definition) is 0. The van der Waals surface area contributed by atoms with Crippen molar-refractivity contribution in [2.75, 3.05) is 0 Å². The van der Waals surface area contributed by atoms with Gasteiger partial charge in [0, 0.05) is 0 Å². The van der Waals surface area contributed by atoms with E-state index in [2.05, 4.69) is 76.3 Å². The lowest BCUT2D eigenvalue weighted by Gasteiger charge is -2.36. The van der Waals surface area contributed by atoms with Crippen LogP contribution in [0, 0.1) is 0 Å². The Morgan fingerprint density at radius 2 is 1.62 bits per heavy atom. The van der Waals surface area contributed by atoms with Gasteiger partial charge in [-0.3, -0.25) is 0 Å². The minimum absolute atomic E-state index is 0.480. The Bertz CT molecular complexity index is 341. The predicted molar refractivity (Wildman–Crippen MR) is 77.5 cm³/mol. The molecule has 0 atom stereocenters. The van der Waals surface area contributed by atoms with Gasteiger partial charge in [0.2, 0.25) is 0 Å². The Balaban J connectivity index is 2.62. The monoisotopic (exact) mass is 232 g/mol. The van der Waals surface area contributed by atoms with E-state index in [0.29, 0.717) is 5.04 Å². The first-order valence-corrected chi connectivity index (χ1v) is 9.25. The third kappa shape index (κ3) is 3.64. The van der Waals surface area contributed by atoms with Gasteiger partial charge in [-0.25, -0.2) is 0 Å². The molecule has 1 aromatic rings. The molecule has 0 N–H and O–H groups in total. The van der Waals surface area contributed by atoms with Crippen LogP contribution in [-0.4, -0.2) is 8.07 Å². The largest absolute Gasteiger partial charge is 0.0866 e. The molecular weight excluding hydrogens is 208 g/mol. The summed E-state index contributed by atoms with van der Waals surface area (Å²) in [5.41, 5.74) is 1.31. The van der Waals surface area contributed by atoms with Crippen molar-refractivity contribution in [2.45, 2.75) is 44.9 Å². The van der Waals surface area contributed by atoms with E-state index < -0.39 is 8.07 Å². The molecule has 0 amide bonds. The van der Waals surface area contributed by atoms with Crippen molar-refractivity contribution in [1.29, 1.82) is 0 Å². The smallest absolute Gasteiger partial charge is 0.0565 e. The molecule has 16 heavy (non-hydrogen) atoms. The highest BCUT2D eigenvalue weighted by Gasteiger charge is 2.33. The van der Waals surface area contributed by atoms with Crippen molar-refractivity contribution in [2.24, 2.45) is 0 Å². The second-order valence-electron chi connectivity index (χ2n) is 6.15. The summed E-state index contributed by atoms with van der Waals surface area (Å²) in [6.07, 6.45) is 4.60. The number of hydrogen-bond donors (Lipinski definition) is 0. The fourth-order valence-corrected chi connectivity index (χ4v) is 2.68. The molecule has 0 unspecified atom stereocenters. The van der Waals surface area contributed by atoms with Crippen LogP contribution in [0.2, 0.25) is 24.2 Å². The Kier molecular flexibility index (Phi) is 4.14. The van der Waals surface area contributed by atoms with Crippen molar-refractivity contribution >= 4 is 14.1 Å². The summed E-state index contributed by atoms with van der Waals surface area (Å²) in [4.78, 5) is 0. The number of benzene rings is 1. The van der Waals surface area contributed by atoms with Gasteiger partial charge in [0.15, 0.2) is 0 Å². The maximum Gasteiger partial charge on any atom is 0.0565 e. The van der Waals surface area contributed by atoms with Crippen LogP contribution in [0.1, 0.15) is 26.3 Å². The van der Waals surface area contributed by atoms with Crippen LogP contribution in [0.25, 0.3) is 6.08 Å². The Hall–Kier alpha value is -0.823. The van der Waals surface area contributed by atoms with E-state index in [1.54, 1.807) is 0 Å². The van der Waals surface area contributed by atoms with Gasteiger partial charge in [0.05, 0.1) is 8.07 Å². The van der Waals surface area contributed by atoms with Crippen LogP contribution < -0.4 is 0 Å². The summed E-state index contributed by atoms with van der Waals surface area (Å²) in [5.74, 6) is 0. The maximum atomic E-state index is 2.47. The van der Waals surface area contributed by atoms with E-state index in [1.807, 2.05) is 0 Å². The molecule has 0 saturated carbocycles. The lowest BCUT2D eigenvalue weighted by Crippen LogP contribution is -2.36. The van der Waals surface area contributed by atoms with Crippen LogP contribution in [0.3, 0.4) is 0 Å². The lowest BCUT2D eigenvalue weighted by atomic mass is 10.2. The number of allylic oxidation sites excluding steroid dienone is 1. The van der Waals surface area contributed by atoms with Crippen LogP contribution in [-0.2, 0) is 0 Å². The Morgan fingerprint density at radius 1 is 1.06 bits per heavy atom. The summed E-state index contributed by atoms with van der Waals surface area (Å²) in [7, 11) is -1.15. The zero-order chi connectivity index (χ0) is 12.2. The SMILES string of the molecule is CC(C)(C)[Si](C)(C)C/C=C/c1ccccc1. The molecule has 0 aliphatic rings. The Labute approximate surface area is 101 Å². The molecule has 88 valence electrons. The van der Waals surface area contributed by atoms with Crippen LogP contribution >= 0.6 is 0 Å². The first-order valence-electron chi connectivity index (χ1n) is 6.04. The van der Waals surface area contributed by atoms with Crippen molar-refractivity contribution < 1.29 is 0 Å². The summed E-state index contributed by atoms with van der Waals surface area (Å²) >= 11 is 0. The van der Waals surface area contributed by atoms with Gasteiger partial charge >= 0.3 is 0 Å². The minimum atomic E-state index is -1.15. The zero-order valence-corrected chi connectivity index (χ0v) is 12.2. The van der Waals surface area contributed by atoms with E-state index in [4.69, 9.17) is 0 Å². The van der Waals surface area contributed by atoms with Gasteiger partial charge < -0.3 is 0 Å². The quantitative estimate of drug-likeness (QED) is 0.628. The minimum Gasteiger partial charge on any atom is -0.0866 e. The van der Waals surface area contributed by atoms with Crippen molar-refractivity contribution in [1.82, 2.24) is 0 Å². The van der Waals surface area contributed by atoms with E-state index in [9.17, 15) is 0 Å².